The summed E-state index contributed by atoms with van der Waals surface area (Å²) in [6.45, 7) is 1.54. The van der Waals surface area contributed by atoms with Gasteiger partial charge in [0.1, 0.15) is 0 Å². The number of hydrogen-bond donors (Lipinski definition) is 1. The summed E-state index contributed by atoms with van der Waals surface area (Å²) in [5.74, 6) is 1.64. The molecular weight excluding hydrogens is 382 g/mol. The van der Waals surface area contributed by atoms with Gasteiger partial charge in [0.2, 0.25) is 18.6 Å². The smallest absolute Gasteiger partial charge is 0.277 e. The minimum absolute atomic E-state index is 0.0953. The summed E-state index contributed by atoms with van der Waals surface area (Å²) in [5.41, 5.74) is 0.774. The van der Waals surface area contributed by atoms with Crippen LogP contribution in [0.25, 0.3) is 0 Å². The van der Waals surface area contributed by atoms with Gasteiger partial charge >= 0.3 is 0 Å². The van der Waals surface area contributed by atoms with Crippen LogP contribution < -0.4 is 14.8 Å². The molecule has 28 heavy (non-hydrogen) atoms. The van der Waals surface area contributed by atoms with Gasteiger partial charge in [-0.05, 0) is 25.8 Å². The summed E-state index contributed by atoms with van der Waals surface area (Å²) in [6.07, 6.45) is 5.78. The molecule has 0 radical (unpaired) electrons. The topological polar surface area (TPSA) is 104 Å². The highest BCUT2D eigenvalue weighted by atomic mass is 32.2. The molecule has 0 unspecified atom stereocenters. The van der Waals surface area contributed by atoms with Crippen molar-refractivity contribution in [3.8, 4) is 11.5 Å². The summed E-state index contributed by atoms with van der Waals surface area (Å²) in [7, 11) is 0. The zero-order chi connectivity index (χ0) is 19.5. The van der Waals surface area contributed by atoms with Gasteiger partial charge < -0.3 is 19.2 Å². The lowest BCUT2D eigenvalue weighted by atomic mass is 9.89. The number of carbonyl (C=O) groups is 2. The summed E-state index contributed by atoms with van der Waals surface area (Å²) in [5, 5.41) is 11.3. The molecule has 9 heteroatoms. The van der Waals surface area contributed by atoms with Crippen LogP contribution in [0.2, 0.25) is 0 Å². The van der Waals surface area contributed by atoms with E-state index in [0.717, 1.165) is 12.8 Å². The number of rotatable bonds is 6. The highest BCUT2D eigenvalue weighted by Gasteiger charge is 2.23. The van der Waals surface area contributed by atoms with Crippen LogP contribution in [-0.2, 0) is 4.79 Å². The SMILES string of the molecule is CC(=O)c1cc2c(cc1NC(=O)CSc1nnc(C3CCCCC3)o1)OCO2. The lowest BCUT2D eigenvalue weighted by Gasteiger charge is -2.17. The molecule has 0 atom stereocenters. The normalized spacial score (nSPS) is 16.2. The van der Waals surface area contributed by atoms with Gasteiger partial charge in [-0.15, -0.1) is 10.2 Å². The van der Waals surface area contributed by atoms with Gasteiger partial charge in [0.05, 0.1) is 11.4 Å². The number of ketones is 1. The second-order valence-corrected chi connectivity index (χ2v) is 7.81. The number of thioether (sulfide) groups is 1. The van der Waals surface area contributed by atoms with Crippen molar-refractivity contribution in [1.82, 2.24) is 10.2 Å². The van der Waals surface area contributed by atoms with Crippen molar-refractivity contribution in [2.45, 2.75) is 50.2 Å². The number of nitrogens with zero attached hydrogens (tertiary/aromatic N) is 2. The quantitative estimate of drug-likeness (QED) is 0.574. The van der Waals surface area contributed by atoms with Crippen molar-refractivity contribution in [3.63, 3.8) is 0 Å². The van der Waals surface area contributed by atoms with E-state index in [4.69, 9.17) is 13.9 Å². The second-order valence-electron chi connectivity index (χ2n) is 6.89. The average Bonchev–Trinajstić information content (AvgIpc) is 3.35. The predicted octanol–water partition coefficient (Wildman–Crippen LogP) is 3.78. The number of fused-ring (bicyclic) bond motifs is 1. The Morgan fingerprint density at radius 2 is 1.89 bits per heavy atom. The number of benzene rings is 1. The van der Waals surface area contributed by atoms with E-state index in [1.54, 1.807) is 12.1 Å². The molecule has 1 aliphatic heterocycles. The first kappa shape index (κ1) is 18.8. The fourth-order valence-corrected chi connectivity index (χ4v) is 4.01. The van der Waals surface area contributed by atoms with Gasteiger partial charge in [0.15, 0.2) is 17.3 Å². The van der Waals surface area contributed by atoms with Gasteiger partial charge in [-0.1, -0.05) is 31.0 Å². The van der Waals surface area contributed by atoms with Gasteiger partial charge in [0, 0.05) is 17.5 Å². The fraction of sp³-hybridized carbons (Fsp3) is 0.474. The van der Waals surface area contributed by atoms with E-state index < -0.39 is 0 Å². The highest BCUT2D eigenvalue weighted by molar-refractivity contribution is 7.99. The van der Waals surface area contributed by atoms with E-state index >= 15 is 0 Å². The molecule has 0 bridgehead atoms. The van der Waals surface area contributed by atoms with E-state index in [0.29, 0.717) is 39.8 Å². The summed E-state index contributed by atoms with van der Waals surface area (Å²) in [4.78, 5) is 24.3. The lowest BCUT2D eigenvalue weighted by Crippen LogP contribution is -2.16. The molecule has 148 valence electrons. The van der Waals surface area contributed by atoms with E-state index in [-0.39, 0.29) is 24.2 Å². The molecule has 1 saturated carbocycles. The monoisotopic (exact) mass is 403 g/mol. The molecule has 0 spiro atoms. The summed E-state index contributed by atoms with van der Waals surface area (Å²) in [6, 6.07) is 3.19. The minimum Gasteiger partial charge on any atom is -0.454 e. The number of amides is 1. The maximum absolute atomic E-state index is 12.4. The Kier molecular flexibility index (Phi) is 5.52. The number of anilines is 1. The average molecular weight is 403 g/mol. The number of Topliss-reactive ketones (excluding diaryl/α,β-unsaturated/α-hetero) is 1. The number of carbonyl (C=O) groups excluding carboxylic acids is 2. The Bertz CT molecular complexity index is 892. The molecule has 1 aliphatic carbocycles. The molecule has 2 aromatic rings. The minimum atomic E-state index is -0.274. The molecule has 4 rings (SSSR count). The Labute approximate surface area is 166 Å². The van der Waals surface area contributed by atoms with E-state index in [2.05, 4.69) is 15.5 Å². The first-order chi connectivity index (χ1) is 13.6. The molecule has 1 fully saturated rings. The molecule has 1 N–H and O–H groups in total. The van der Waals surface area contributed by atoms with Crippen LogP contribution in [0.5, 0.6) is 11.5 Å². The van der Waals surface area contributed by atoms with Crippen molar-refractivity contribution in [2.75, 3.05) is 17.9 Å². The fourth-order valence-electron chi connectivity index (χ4n) is 3.44. The largest absolute Gasteiger partial charge is 0.454 e. The Morgan fingerprint density at radius 3 is 2.64 bits per heavy atom. The highest BCUT2D eigenvalue weighted by Crippen LogP contribution is 2.37. The maximum atomic E-state index is 12.4. The van der Waals surface area contributed by atoms with Gasteiger partial charge in [-0.3, -0.25) is 9.59 Å². The molecule has 8 nitrogen and oxygen atoms in total. The van der Waals surface area contributed by atoms with Crippen molar-refractivity contribution < 1.29 is 23.5 Å². The Hall–Kier alpha value is -2.55. The van der Waals surface area contributed by atoms with Crippen LogP contribution in [0.3, 0.4) is 0 Å². The van der Waals surface area contributed by atoms with Crippen LogP contribution >= 0.6 is 11.8 Å². The lowest BCUT2D eigenvalue weighted by molar-refractivity contribution is -0.113. The van der Waals surface area contributed by atoms with Gasteiger partial charge in [-0.25, -0.2) is 0 Å². The van der Waals surface area contributed by atoms with Crippen LogP contribution in [0.1, 0.15) is 61.2 Å². The van der Waals surface area contributed by atoms with Gasteiger partial charge in [0.25, 0.3) is 5.22 Å². The number of nitrogens with one attached hydrogen (secondary N) is 1. The van der Waals surface area contributed by atoms with Crippen molar-refractivity contribution in [1.29, 1.82) is 0 Å². The molecule has 1 amide bonds. The first-order valence-electron chi connectivity index (χ1n) is 9.31. The van der Waals surface area contributed by atoms with E-state index in [1.165, 1.54) is 37.9 Å². The Balaban J connectivity index is 1.37. The molecule has 0 saturated heterocycles. The van der Waals surface area contributed by atoms with E-state index in [9.17, 15) is 9.59 Å². The predicted molar refractivity (Wildman–Crippen MR) is 102 cm³/mol. The van der Waals surface area contributed by atoms with Crippen LogP contribution in [0.4, 0.5) is 5.69 Å². The van der Waals surface area contributed by atoms with Crippen molar-refractivity contribution in [2.24, 2.45) is 0 Å². The third kappa shape index (κ3) is 4.14. The molecule has 2 heterocycles. The number of aromatic nitrogens is 2. The molecular formula is C19H21N3O5S. The van der Waals surface area contributed by atoms with Crippen LogP contribution in [0, 0.1) is 0 Å². The second kappa shape index (κ2) is 8.22. The standard InChI is InChI=1S/C19H21N3O5S/c1-11(23)13-7-15-16(26-10-25-15)8-14(13)20-17(24)9-28-19-22-21-18(27-19)12-5-3-2-4-6-12/h7-8,12H,2-6,9-10H2,1H3,(H,20,24). The maximum Gasteiger partial charge on any atom is 0.277 e. The molecule has 1 aromatic carbocycles. The van der Waals surface area contributed by atoms with Crippen molar-refractivity contribution >= 4 is 29.1 Å². The first-order valence-corrected chi connectivity index (χ1v) is 10.3. The number of ether oxygens (including phenoxy) is 2. The van der Waals surface area contributed by atoms with Crippen LogP contribution in [-0.4, -0.2) is 34.4 Å². The molecule has 1 aromatic heterocycles. The summed E-state index contributed by atoms with van der Waals surface area (Å²) >= 11 is 1.18. The Morgan fingerprint density at radius 1 is 1.14 bits per heavy atom. The number of hydrogen-bond acceptors (Lipinski definition) is 8. The van der Waals surface area contributed by atoms with Gasteiger partial charge in [-0.2, -0.15) is 0 Å². The summed E-state index contributed by atoms with van der Waals surface area (Å²) < 4.78 is 16.3. The third-order valence-corrected chi connectivity index (χ3v) is 5.69. The van der Waals surface area contributed by atoms with Crippen LogP contribution in [0.15, 0.2) is 21.8 Å². The van der Waals surface area contributed by atoms with Crippen molar-refractivity contribution in [3.05, 3.63) is 23.6 Å². The van der Waals surface area contributed by atoms with E-state index in [1.807, 2.05) is 0 Å². The molecule has 2 aliphatic rings. The zero-order valence-electron chi connectivity index (χ0n) is 15.5. The third-order valence-electron chi connectivity index (χ3n) is 4.87. The zero-order valence-corrected chi connectivity index (χ0v) is 16.3.